The van der Waals surface area contributed by atoms with Crippen molar-refractivity contribution in [1.82, 2.24) is 4.98 Å². The molecule has 0 aromatic carbocycles. The fourth-order valence-electron chi connectivity index (χ4n) is 0.610. The summed E-state index contributed by atoms with van der Waals surface area (Å²) < 4.78 is 26.0. The second-order valence-electron chi connectivity index (χ2n) is 1.93. The number of alkyl halides is 2. The summed E-state index contributed by atoms with van der Waals surface area (Å²) in [7, 11) is 0. The number of nitrogens with zero attached hydrogens (tertiary/aromatic N) is 1. The molecule has 1 nitrogen and oxygen atoms in total. The normalized spacial score (nSPS) is 10.8. The lowest BCUT2D eigenvalue weighted by Gasteiger charge is -2.03. The van der Waals surface area contributed by atoms with Gasteiger partial charge in [-0.25, -0.2) is 13.8 Å². The first-order valence-electron chi connectivity index (χ1n) is 2.82. The number of hydrogen-bond donors (Lipinski definition) is 0. The lowest BCUT2D eigenvalue weighted by Crippen LogP contribution is -1.94. The minimum absolute atomic E-state index is 0.234. The molecule has 0 spiro atoms. The smallest absolute Gasteiger partial charge is 0.238 e. The van der Waals surface area contributed by atoms with E-state index in [9.17, 15) is 8.78 Å². The Morgan fingerprint density at radius 1 is 1.42 bits per heavy atom. The Balaban J connectivity index is 3.23. The summed E-state index contributed by atoms with van der Waals surface area (Å²) in [5, 5.41) is 0. The highest BCUT2D eigenvalue weighted by atomic mass is 127. The summed E-state index contributed by atoms with van der Waals surface area (Å²) >= 11 is 8.10. The van der Waals surface area contributed by atoms with Gasteiger partial charge >= 0.3 is 0 Å². The highest BCUT2D eigenvalue weighted by Crippen LogP contribution is 2.29. The van der Waals surface area contributed by atoms with Crippen LogP contribution in [0.3, 0.4) is 0 Å². The molecule has 0 unspecified atom stereocenters. The van der Waals surface area contributed by atoms with Crippen LogP contribution in [0.15, 0.2) is 15.1 Å². The Hall–Kier alpha value is 0.700. The van der Waals surface area contributed by atoms with Gasteiger partial charge in [0.05, 0.1) is 0 Å². The molecule has 0 amide bonds. The molecule has 0 fully saturated rings. The molecule has 66 valence electrons. The standard InChI is InChI=1S/C6H2Br2F2IN/c7-2-1-3(11)5(8)12-4(2)6(9)10/h1,6H. The largest absolute Gasteiger partial charge is 0.281 e. The average Bonchev–Trinajstić information content (AvgIpc) is 1.96. The number of rotatable bonds is 1. The van der Waals surface area contributed by atoms with E-state index in [-0.39, 0.29) is 5.69 Å². The zero-order valence-corrected chi connectivity index (χ0v) is 10.8. The van der Waals surface area contributed by atoms with E-state index in [0.717, 1.165) is 3.57 Å². The van der Waals surface area contributed by atoms with Gasteiger partial charge in [-0.1, -0.05) is 0 Å². The maximum atomic E-state index is 12.2. The third-order valence-corrected chi connectivity index (χ3v) is 3.92. The Morgan fingerprint density at radius 2 is 2.00 bits per heavy atom. The fraction of sp³-hybridized carbons (Fsp3) is 0.167. The number of halogens is 5. The van der Waals surface area contributed by atoms with Gasteiger partial charge in [0.2, 0.25) is 0 Å². The van der Waals surface area contributed by atoms with Crippen molar-refractivity contribution in [2.24, 2.45) is 0 Å². The van der Waals surface area contributed by atoms with E-state index in [1.165, 1.54) is 0 Å². The topological polar surface area (TPSA) is 12.9 Å². The lowest BCUT2D eigenvalue weighted by atomic mass is 10.4. The maximum Gasteiger partial charge on any atom is 0.281 e. The van der Waals surface area contributed by atoms with Crippen molar-refractivity contribution in [1.29, 1.82) is 0 Å². The van der Waals surface area contributed by atoms with Gasteiger partial charge in [-0.3, -0.25) is 0 Å². The third kappa shape index (κ3) is 2.35. The van der Waals surface area contributed by atoms with Crippen LogP contribution in [-0.4, -0.2) is 4.98 Å². The number of aromatic nitrogens is 1. The molecule has 0 saturated carbocycles. The van der Waals surface area contributed by atoms with Crippen LogP contribution in [0.4, 0.5) is 8.78 Å². The van der Waals surface area contributed by atoms with Crippen LogP contribution in [0.5, 0.6) is 0 Å². The third-order valence-electron chi connectivity index (χ3n) is 1.12. The van der Waals surface area contributed by atoms with Gasteiger partial charge in [0.15, 0.2) is 0 Å². The van der Waals surface area contributed by atoms with E-state index in [2.05, 4.69) is 36.8 Å². The Labute approximate surface area is 98.3 Å². The molecule has 0 bridgehead atoms. The zero-order chi connectivity index (χ0) is 9.30. The molecular formula is C6H2Br2F2IN. The monoisotopic (exact) mass is 411 g/mol. The molecule has 0 N–H and O–H groups in total. The van der Waals surface area contributed by atoms with E-state index < -0.39 is 6.43 Å². The van der Waals surface area contributed by atoms with E-state index in [4.69, 9.17) is 0 Å². The molecule has 0 aliphatic rings. The van der Waals surface area contributed by atoms with Gasteiger partial charge in [0.25, 0.3) is 6.43 Å². The minimum atomic E-state index is -2.55. The van der Waals surface area contributed by atoms with Crippen LogP contribution in [0, 0.1) is 3.57 Å². The van der Waals surface area contributed by atoms with Crippen LogP contribution < -0.4 is 0 Å². The maximum absolute atomic E-state index is 12.2. The van der Waals surface area contributed by atoms with Crippen molar-refractivity contribution < 1.29 is 8.78 Å². The van der Waals surface area contributed by atoms with Crippen LogP contribution in [0.25, 0.3) is 0 Å². The predicted octanol–water partition coefficient (Wildman–Crippen LogP) is 4.15. The highest BCUT2D eigenvalue weighted by Gasteiger charge is 2.15. The molecule has 0 aliphatic heterocycles. The van der Waals surface area contributed by atoms with Crippen molar-refractivity contribution in [3.63, 3.8) is 0 Å². The molecule has 0 radical (unpaired) electrons. The average molecular weight is 413 g/mol. The molecule has 6 heteroatoms. The Kier molecular flexibility index (Phi) is 3.84. The summed E-state index contributed by atoms with van der Waals surface area (Å²) in [6.07, 6.45) is -2.55. The first-order valence-corrected chi connectivity index (χ1v) is 5.48. The summed E-state index contributed by atoms with van der Waals surface area (Å²) in [6.45, 7) is 0. The molecule has 12 heavy (non-hydrogen) atoms. The Bertz CT molecular complexity index is 306. The van der Waals surface area contributed by atoms with Crippen LogP contribution >= 0.6 is 54.5 Å². The molecule has 1 aromatic rings. The quantitative estimate of drug-likeness (QED) is 0.499. The van der Waals surface area contributed by atoms with Crippen molar-refractivity contribution in [2.75, 3.05) is 0 Å². The first kappa shape index (κ1) is 10.8. The van der Waals surface area contributed by atoms with Crippen LogP contribution in [0.2, 0.25) is 0 Å². The molecule has 1 aromatic heterocycles. The number of hydrogen-bond acceptors (Lipinski definition) is 1. The second kappa shape index (κ2) is 4.28. The zero-order valence-electron chi connectivity index (χ0n) is 5.49. The molecule has 1 heterocycles. The van der Waals surface area contributed by atoms with E-state index >= 15 is 0 Å². The van der Waals surface area contributed by atoms with Gasteiger partial charge in [-0.2, -0.15) is 0 Å². The van der Waals surface area contributed by atoms with Gasteiger partial charge in [0.1, 0.15) is 10.3 Å². The van der Waals surface area contributed by atoms with Crippen molar-refractivity contribution in [3.05, 3.63) is 24.4 Å². The van der Waals surface area contributed by atoms with Gasteiger partial charge in [-0.05, 0) is 60.5 Å². The molecule has 0 aliphatic carbocycles. The number of pyridine rings is 1. The highest BCUT2D eigenvalue weighted by molar-refractivity contribution is 14.1. The summed E-state index contributed by atoms with van der Waals surface area (Å²) in [4.78, 5) is 3.68. The SMILES string of the molecule is FC(F)c1nc(Br)c(I)cc1Br. The van der Waals surface area contributed by atoms with E-state index in [1.807, 2.05) is 22.6 Å². The van der Waals surface area contributed by atoms with Crippen molar-refractivity contribution in [2.45, 2.75) is 6.43 Å². The van der Waals surface area contributed by atoms with Crippen molar-refractivity contribution in [3.8, 4) is 0 Å². The fourth-order valence-corrected chi connectivity index (χ4v) is 2.27. The van der Waals surface area contributed by atoms with E-state index in [1.54, 1.807) is 6.07 Å². The van der Waals surface area contributed by atoms with Crippen LogP contribution in [0.1, 0.15) is 12.1 Å². The molecular weight excluding hydrogens is 411 g/mol. The minimum Gasteiger partial charge on any atom is -0.238 e. The van der Waals surface area contributed by atoms with Gasteiger partial charge < -0.3 is 0 Å². The van der Waals surface area contributed by atoms with Gasteiger partial charge in [0, 0.05) is 8.04 Å². The Morgan fingerprint density at radius 3 is 2.50 bits per heavy atom. The summed E-state index contributed by atoms with van der Waals surface area (Å²) in [5.41, 5.74) is -0.234. The summed E-state index contributed by atoms with van der Waals surface area (Å²) in [6, 6.07) is 1.60. The van der Waals surface area contributed by atoms with Gasteiger partial charge in [-0.15, -0.1) is 0 Å². The molecule has 1 rings (SSSR count). The van der Waals surface area contributed by atoms with Crippen LogP contribution in [-0.2, 0) is 0 Å². The lowest BCUT2D eigenvalue weighted by molar-refractivity contribution is 0.145. The summed E-state index contributed by atoms with van der Waals surface area (Å²) in [5.74, 6) is 0. The van der Waals surface area contributed by atoms with E-state index in [0.29, 0.717) is 9.08 Å². The van der Waals surface area contributed by atoms with Crippen molar-refractivity contribution >= 4 is 54.5 Å². The second-order valence-corrected chi connectivity index (χ2v) is 4.70. The molecule has 0 atom stereocenters. The first-order chi connectivity index (χ1) is 5.52. The predicted molar refractivity (Wildman–Crippen MR) is 57.3 cm³/mol. The molecule has 0 saturated heterocycles.